The molecule has 0 fully saturated rings. The van der Waals surface area contributed by atoms with Gasteiger partial charge in [0.05, 0.1) is 17.1 Å². The lowest BCUT2D eigenvalue weighted by Gasteiger charge is -2.53. The summed E-state index contributed by atoms with van der Waals surface area (Å²) in [6.07, 6.45) is 10.2. The maximum absolute atomic E-state index is 2.70. The van der Waals surface area contributed by atoms with Gasteiger partial charge in [0.1, 0.15) is 0 Å². The Bertz CT molecular complexity index is 2250. The van der Waals surface area contributed by atoms with E-state index >= 15 is 0 Å². The first-order valence-corrected chi connectivity index (χ1v) is 24.6. The van der Waals surface area contributed by atoms with Gasteiger partial charge >= 0.3 is 0 Å². The highest BCUT2D eigenvalue weighted by molar-refractivity contribution is 8.33. The van der Waals surface area contributed by atoms with Gasteiger partial charge in [0, 0.05) is 31.7 Å². The summed E-state index contributed by atoms with van der Waals surface area (Å²) in [5.41, 5.74) is 18.0. The lowest BCUT2D eigenvalue weighted by atomic mass is 9.33. The largest absolute Gasteiger partial charge is 0.310 e. The minimum atomic E-state index is -1.34. The summed E-state index contributed by atoms with van der Waals surface area (Å²) in [4.78, 5) is 9.92. The van der Waals surface area contributed by atoms with Crippen molar-refractivity contribution in [3.05, 3.63) is 107 Å². The van der Waals surface area contributed by atoms with Crippen molar-refractivity contribution in [2.45, 2.75) is 102 Å². The molecule has 278 valence electrons. The lowest BCUT2D eigenvalue weighted by Crippen LogP contribution is -2.62. The predicted octanol–water partition coefficient (Wildman–Crippen LogP) is 12.2. The molecule has 3 heterocycles. The molecule has 0 bridgehead atoms. The van der Waals surface area contributed by atoms with Crippen molar-refractivity contribution in [1.29, 1.82) is 0 Å². The van der Waals surface area contributed by atoms with Crippen LogP contribution in [0.3, 0.4) is 0 Å². The van der Waals surface area contributed by atoms with Crippen LogP contribution in [-0.4, -0.2) is 37.5 Å². The molecule has 0 spiro atoms. The standard InChI is InChI=1S/C46H55BN2S2.C2H6/c1-14-50(10,11)40-28-41-44-42-43(40)48(33-20-17-31(18-21-33)45(4,5)6)36-24-19-32(46(7,8)9)27-35(36)47(42)34-25-29(2)15-22-37(34)49(44)38-23-16-30(3)26-39(38)51(41,12)13;1-2/h15-28H,14H2,1-13H3;1-2H3. The van der Waals surface area contributed by atoms with Crippen LogP contribution in [0.15, 0.2) is 99.6 Å². The molecule has 0 atom stereocenters. The van der Waals surface area contributed by atoms with E-state index in [9.17, 15) is 0 Å². The Morgan fingerprint density at radius 3 is 1.74 bits per heavy atom. The van der Waals surface area contributed by atoms with Gasteiger partial charge in [0.2, 0.25) is 0 Å². The topological polar surface area (TPSA) is 6.48 Å². The molecular formula is C48H61BN2S2. The molecule has 3 aliphatic rings. The predicted molar refractivity (Wildman–Crippen MR) is 243 cm³/mol. The molecular weight excluding hydrogens is 679 g/mol. The monoisotopic (exact) mass is 740 g/mol. The van der Waals surface area contributed by atoms with Crippen molar-refractivity contribution in [3.8, 4) is 0 Å². The fraction of sp³-hybridized carbons (Fsp3) is 0.375. The number of hydrogen-bond donors (Lipinski definition) is 0. The van der Waals surface area contributed by atoms with Crippen LogP contribution in [0, 0.1) is 13.8 Å². The van der Waals surface area contributed by atoms with Crippen LogP contribution < -0.4 is 26.2 Å². The van der Waals surface area contributed by atoms with Gasteiger partial charge in [0.25, 0.3) is 6.71 Å². The molecule has 0 radical (unpaired) electrons. The molecule has 2 nitrogen and oxygen atoms in total. The van der Waals surface area contributed by atoms with Crippen LogP contribution in [-0.2, 0) is 10.8 Å². The van der Waals surface area contributed by atoms with Gasteiger partial charge in [-0.25, -0.2) is 10.0 Å². The van der Waals surface area contributed by atoms with Gasteiger partial charge in [-0.2, -0.15) is 10.0 Å². The molecule has 8 rings (SSSR count). The van der Waals surface area contributed by atoms with Crippen LogP contribution >= 0.6 is 20.1 Å². The number of anilines is 6. The fourth-order valence-corrected chi connectivity index (χ4v) is 12.6. The summed E-state index contributed by atoms with van der Waals surface area (Å²) in [6.45, 7) is 25.1. The van der Waals surface area contributed by atoms with E-state index in [1.807, 2.05) is 13.8 Å². The minimum absolute atomic E-state index is 0.0309. The normalized spacial score (nSPS) is 16.1. The maximum Gasteiger partial charge on any atom is 0.252 e. The summed E-state index contributed by atoms with van der Waals surface area (Å²) in [7, 11) is -2.51. The molecule has 0 aliphatic carbocycles. The average molecular weight is 741 g/mol. The molecule has 53 heavy (non-hydrogen) atoms. The van der Waals surface area contributed by atoms with E-state index in [0.717, 1.165) is 5.75 Å². The first kappa shape index (κ1) is 37.8. The maximum atomic E-state index is 2.70. The first-order valence-electron chi connectivity index (χ1n) is 19.6. The highest BCUT2D eigenvalue weighted by Crippen LogP contribution is 2.70. The van der Waals surface area contributed by atoms with Crippen molar-refractivity contribution in [1.82, 2.24) is 0 Å². The van der Waals surface area contributed by atoms with Crippen LogP contribution in [0.2, 0.25) is 0 Å². The molecule has 0 saturated heterocycles. The average Bonchev–Trinajstić information content (AvgIpc) is 3.11. The molecule has 5 heteroatoms. The third-order valence-corrected chi connectivity index (χ3v) is 17.7. The second-order valence-corrected chi connectivity index (χ2v) is 25.7. The molecule has 0 aromatic heterocycles. The van der Waals surface area contributed by atoms with Crippen molar-refractivity contribution < 1.29 is 0 Å². The first-order chi connectivity index (χ1) is 24.8. The van der Waals surface area contributed by atoms with Gasteiger partial charge in [0.15, 0.2) is 0 Å². The second kappa shape index (κ2) is 12.8. The summed E-state index contributed by atoms with van der Waals surface area (Å²) in [6, 6.07) is 34.1. The molecule has 0 amide bonds. The zero-order valence-electron chi connectivity index (χ0n) is 35.1. The lowest BCUT2D eigenvalue weighted by molar-refractivity contribution is 0.590. The summed E-state index contributed by atoms with van der Waals surface area (Å²) in [5.74, 6) is 1.14. The Morgan fingerprint density at radius 2 is 1.13 bits per heavy atom. The smallest absolute Gasteiger partial charge is 0.252 e. The van der Waals surface area contributed by atoms with Gasteiger partial charge < -0.3 is 9.80 Å². The van der Waals surface area contributed by atoms with Crippen LogP contribution in [0.4, 0.5) is 34.1 Å². The van der Waals surface area contributed by atoms with Gasteiger partial charge in [-0.1, -0.05) is 110 Å². The molecule has 0 N–H and O–H groups in total. The number of fused-ring (bicyclic) bond motifs is 7. The van der Waals surface area contributed by atoms with Crippen molar-refractivity contribution in [2.24, 2.45) is 0 Å². The molecule has 3 aliphatic heterocycles. The Morgan fingerprint density at radius 1 is 0.604 bits per heavy atom. The van der Waals surface area contributed by atoms with Crippen molar-refractivity contribution in [2.75, 3.05) is 40.6 Å². The highest BCUT2D eigenvalue weighted by Gasteiger charge is 2.50. The van der Waals surface area contributed by atoms with E-state index in [2.05, 4.69) is 182 Å². The van der Waals surface area contributed by atoms with E-state index in [0.29, 0.717) is 0 Å². The third-order valence-electron chi connectivity index (χ3n) is 11.9. The summed E-state index contributed by atoms with van der Waals surface area (Å²) in [5, 5.41) is 0. The van der Waals surface area contributed by atoms with Gasteiger partial charge in [-0.15, -0.1) is 0 Å². The number of benzene rings is 5. The van der Waals surface area contributed by atoms with E-state index in [1.54, 1.807) is 4.90 Å². The van der Waals surface area contributed by atoms with Crippen LogP contribution in [0.5, 0.6) is 0 Å². The number of hydrogen-bond acceptors (Lipinski definition) is 2. The number of nitrogens with zero attached hydrogens (tertiary/aromatic N) is 2. The quantitative estimate of drug-likeness (QED) is 0.166. The third kappa shape index (κ3) is 5.79. The molecule has 0 saturated carbocycles. The molecule has 0 unspecified atom stereocenters. The van der Waals surface area contributed by atoms with Crippen molar-refractivity contribution >= 4 is 77.3 Å². The molecule has 5 aromatic rings. The second-order valence-electron chi connectivity index (χ2n) is 18.1. The Hall–Kier alpha value is -3.54. The minimum Gasteiger partial charge on any atom is -0.310 e. The highest BCUT2D eigenvalue weighted by atomic mass is 32.3. The zero-order valence-corrected chi connectivity index (χ0v) is 36.7. The zero-order chi connectivity index (χ0) is 38.6. The Kier molecular flexibility index (Phi) is 9.10. The number of aryl methyl sites for hydroxylation is 2. The van der Waals surface area contributed by atoms with E-state index in [-0.39, 0.29) is 17.5 Å². The van der Waals surface area contributed by atoms with Crippen LogP contribution in [0.25, 0.3) is 0 Å². The van der Waals surface area contributed by atoms with E-state index in [1.165, 1.54) is 82.6 Å². The Labute approximate surface area is 325 Å². The summed E-state index contributed by atoms with van der Waals surface area (Å²) >= 11 is 0. The van der Waals surface area contributed by atoms with Gasteiger partial charge in [-0.3, -0.25) is 0 Å². The fourth-order valence-electron chi connectivity index (χ4n) is 8.58. The SMILES string of the molecule is CC.CCS(C)(C)c1cc2c3c4c1N(c1ccc(C(C)(C)C)cc1)c1ccc(C(C)(C)C)cc1B4c1cc(C)ccc1N3c1ccc(C)cc1S2(C)C. The van der Waals surface area contributed by atoms with E-state index in [4.69, 9.17) is 0 Å². The summed E-state index contributed by atoms with van der Waals surface area (Å²) < 4.78 is 0. The number of rotatable bonds is 3. The van der Waals surface area contributed by atoms with Gasteiger partial charge in [-0.05, 0) is 131 Å². The van der Waals surface area contributed by atoms with Crippen molar-refractivity contribution in [3.63, 3.8) is 0 Å². The molecule has 5 aromatic carbocycles. The Balaban J connectivity index is 0.00000214. The van der Waals surface area contributed by atoms with E-state index < -0.39 is 20.1 Å². The van der Waals surface area contributed by atoms with Crippen LogP contribution in [0.1, 0.15) is 84.6 Å².